The highest BCUT2D eigenvalue weighted by atomic mass is 35.5. The first-order valence-electron chi connectivity index (χ1n) is 8.04. The molecule has 0 radical (unpaired) electrons. The van der Waals surface area contributed by atoms with Crippen LogP contribution in [0.15, 0.2) is 42.6 Å². The van der Waals surface area contributed by atoms with Crippen LogP contribution in [-0.4, -0.2) is 36.0 Å². The van der Waals surface area contributed by atoms with Gasteiger partial charge in [0.1, 0.15) is 5.82 Å². The molecule has 0 fully saturated rings. The zero-order valence-corrected chi connectivity index (χ0v) is 15.9. The van der Waals surface area contributed by atoms with Gasteiger partial charge in [-0.15, -0.1) is 0 Å². The van der Waals surface area contributed by atoms with Gasteiger partial charge in [-0.2, -0.15) is 0 Å². The fourth-order valence-corrected chi connectivity index (χ4v) is 3.14. The van der Waals surface area contributed by atoms with Gasteiger partial charge >= 0.3 is 0 Å². The van der Waals surface area contributed by atoms with Crippen LogP contribution in [0.2, 0.25) is 10.0 Å². The van der Waals surface area contributed by atoms with Crippen molar-refractivity contribution in [3.63, 3.8) is 0 Å². The molecule has 0 unspecified atom stereocenters. The number of halogens is 3. The van der Waals surface area contributed by atoms with E-state index in [0.717, 1.165) is 30.1 Å². The molecule has 4 nitrogen and oxygen atoms in total. The van der Waals surface area contributed by atoms with Crippen LogP contribution in [0.25, 0.3) is 10.9 Å². The second kappa shape index (κ2) is 7.66. The third kappa shape index (κ3) is 4.01. The Morgan fingerprint density at radius 1 is 1.15 bits per heavy atom. The molecule has 0 aliphatic heterocycles. The van der Waals surface area contributed by atoms with Crippen LogP contribution < -0.4 is 5.32 Å². The van der Waals surface area contributed by atoms with Gasteiger partial charge in [-0.05, 0) is 50.5 Å². The topological polar surface area (TPSA) is 37.3 Å². The summed E-state index contributed by atoms with van der Waals surface area (Å²) in [4.78, 5) is 14.5. The molecule has 0 aliphatic rings. The molecule has 0 atom stereocenters. The molecule has 1 N–H and O–H groups in total. The fraction of sp³-hybridized carbons (Fsp3) is 0.211. The van der Waals surface area contributed by atoms with E-state index >= 15 is 0 Å². The largest absolute Gasteiger partial charge is 0.346 e. The summed E-state index contributed by atoms with van der Waals surface area (Å²) < 4.78 is 15.8. The van der Waals surface area contributed by atoms with Gasteiger partial charge < -0.3 is 14.8 Å². The Bertz CT molecular complexity index is 969. The Hall–Kier alpha value is -2.08. The highest BCUT2D eigenvalue weighted by Crippen LogP contribution is 2.26. The SMILES string of the molecule is CN(C)CCn1ccc2cc(NC(=O)c3cc(F)c(Cl)cc3Cl)ccc21. The maximum atomic E-state index is 13.6. The van der Waals surface area contributed by atoms with Crippen LogP contribution in [-0.2, 0) is 6.54 Å². The second-order valence-electron chi connectivity index (χ2n) is 6.29. The highest BCUT2D eigenvalue weighted by Gasteiger charge is 2.15. The highest BCUT2D eigenvalue weighted by molar-refractivity contribution is 6.37. The first-order chi connectivity index (χ1) is 12.3. The summed E-state index contributed by atoms with van der Waals surface area (Å²) in [6.45, 7) is 1.81. The number of hydrogen-bond donors (Lipinski definition) is 1. The Morgan fingerprint density at radius 3 is 2.65 bits per heavy atom. The number of aromatic nitrogens is 1. The molecule has 0 spiro atoms. The fourth-order valence-electron chi connectivity index (χ4n) is 2.68. The molecule has 1 aromatic heterocycles. The molecule has 7 heteroatoms. The van der Waals surface area contributed by atoms with Crippen molar-refractivity contribution in [2.75, 3.05) is 26.0 Å². The lowest BCUT2D eigenvalue weighted by Crippen LogP contribution is -2.17. The maximum Gasteiger partial charge on any atom is 0.257 e. The minimum atomic E-state index is -0.686. The number of amides is 1. The van der Waals surface area contributed by atoms with E-state index in [9.17, 15) is 9.18 Å². The van der Waals surface area contributed by atoms with E-state index < -0.39 is 11.7 Å². The summed E-state index contributed by atoms with van der Waals surface area (Å²) in [5.74, 6) is -1.17. The zero-order chi connectivity index (χ0) is 18.8. The van der Waals surface area contributed by atoms with E-state index in [2.05, 4.69) is 14.8 Å². The Labute approximate surface area is 161 Å². The predicted octanol–water partition coefficient (Wildman–Crippen LogP) is 4.90. The van der Waals surface area contributed by atoms with Gasteiger partial charge in [0.15, 0.2) is 0 Å². The van der Waals surface area contributed by atoms with Crippen molar-refractivity contribution in [1.29, 1.82) is 0 Å². The molecule has 3 aromatic rings. The summed E-state index contributed by atoms with van der Waals surface area (Å²) in [5, 5.41) is 3.74. The van der Waals surface area contributed by atoms with Crippen molar-refractivity contribution < 1.29 is 9.18 Å². The molecule has 0 aliphatic carbocycles. The number of hydrogen-bond acceptors (Lipinski definition) is 2. The molecular weight excluding hydrogens is 376 g/mol. The number of likely N-dealkylation sites (N-methyl/N-ethyl adjacent to an activating group) is 1. The average molecular weight is 394 g/mol. The quantitative estimate of drug-likeness (QED) is 0.625. The molecule has 0 saturated carbocycles. The van der Waals surface area contributed by atoms with Crippen LogP contribution in [0.3, 0.4) is 0 Å². The van der Waals surface area contributed by atoms with E-state index in [-0.39, 0.29) is 15.6 Å². The van der Waals surface area contributed by atoms with Crippen LogP contribution in [0.5, 0.6) is 0 Å². The van der Waals surface area contributed by atoms with E-state index in [1.54, 1.807) is 0 Å². The molecule has 3 rings (SSSR count). The molecule has 0 bridgehead atoms. The summed E-state index contributed by atoms with van der Waals surface area (Å²) in [7, 11) is 4.06. The number of fused-ring (bicyclic) bond motifs is 1. The van der Waals surface area contributed by atoms with Crippen LogP contribution >= 0.6 is 23.2 Å². The lowest BCUT2D eigenvalue weighted by Gasteiger charge is -2.12. The number of benzene rings is 2. The van der Waals surface area contributed by atoms with Crippen LogP contribution in [0.1, 0.15) is 10.4 Å². The van der Waals surface area contributed by atoms with Crippen molar-refractivity contribution >= 4 is 45.7 Å². The molecule has 1 heterocycles. The third-order valence-corrected chi connectivity index (χ3v) is 4.67. The minimum Gasteiger partial charge on any atom is -0.346 e. The predicted molar refractivity (Wildman–Crippen MR) is 105 cm³/mol. The molecule has 2 aromatic carbocycles. The maximum absolute atomic E-state index is 13.6. The number of rotatable bonds is 5. The van der Waals surface area contributed by atoms with Gasteiger partial charge in [-0.3, -0.25) is 4.79 Å². The first-order valence-corrected chi connectivity index (χ1v) is 8.80. The Kier molecular flexibility index (Phi) is 5.51. The smallest absolute Gasteiger partial charge is 0.257 e. The van der Waals surface area contributed by atoms with E-state index in [1.165, 1.54) is 6.07 Å². The number of anilines is 1. The molecule has 0 saturated heterocycles. The first kappa shape index (κ1) is 18.7. The summed E-state index contributed by atoms with van der Waals surface area (Å²) in [6, 6.07) is 9.89. The standard InChI is InChI=1S/C19H18Cl2FN3O/c1-24(2)7-8-25-6-5-12-9-13(3-4-18(12)25)23-19(26)14-10-17(22)16(21)11-15(14)20/h3-6,9-11H,7-8H2,1-2H3,(H,23,26). The number of carbonyl (C=O) groups excluding carboxylic acids is 1. The summed E-state index contributed by atoms with van der Waals surface area (Å²) in [6.07, 6.45) is 2.02. The van der Waals surface area contributed by atoms with Gasteiger partial charge in [0.25, 0.3) is 5.91 Å². The van der Waals surface area contributed by atoms with Gasteiger partial charge in [-0.1, -0.05) is 23.2 Å². The average Bonchev–Trinajstić information content (AvgIpc) is 2.98. The normalized spacial score (nSPS) is 11.3. The monoisotopic (exact) mass is 393 g/mol. The summed E-state index contributed by atoms with van der Waals surface area (Å²) >= 11 is 11.7. The molecule has 26 heavy (non-hydrogen) atoms. The number of carbonyl (C=O) groups is 1. The van der Waals surface area contributed by atoms with Crippen molar-refractivity contribution in [1.82, 2.24) is 9.47 Å². The van der Waals surface area contributed by atoms with Gasteiger partial charge in [0.2, 0.25) is 0 Å². The Balaban J connectivity index is 1.81. The summed E-state index contributed by atoms with van der Waals surface area (Å²) in [5.41, 5.74) is 1.73. The lowest BCUT2D eigenvalue weighted by atomic mass is 10.2. The van der Waals surface area contributed by atoms with Crippen molar-refractivity contribution in [3.8, 4) is 0 Å². The van der Waals surface area contributed by atoms with E-state index in [1.807, 2.05) is 44.6 Å². The van der Waals surface area contributed by atoms with Gasteiger partial charge in [0, 0.05) is 35.9 Å². The number of nitrogens with one attached hydrogen (secondary N) is 1. The van der Waals surface area contributed by atoms with Gasteiger partial charge in [0.05, 0.1) is 15.6 Å². The zero-order valence-electron chi connectivity index (χ0n) is 14.4. The molecule has 136 valence electrons. The minimum absolute atomic E-state index is 0.0391. The molecular formula is C19H18Cl2FN3O. The van der Waals surface area contributed by atoms with Crippen molar-refractivity contribution in [2.45, 2.75) is 6.54 Å². The lowest BCUT2D eigenvalue weighted by molar-refractivity contribution is 0.102. The van der Waals surface area contributed by atoms with Crippen molar-refractivity contribution in [2.24, 2.45) is 0 Å². The molecule has 1 amide bonds. The third-order valence-electron chi connectivity index (χ3n) is 4.07. The van der Waals surface area contributed by atoms with Gasteiger partial charge in [-0.25, -0.2) is 4.39 Å². The van der Waals surface area contributed by atoms with E-state index in [0.29, 0.717) is 5.69 Å². The van der Waals surface area contributed by atoms with Crippen molar-refractivity contribution in [3.05, 3.63) is 64.0 Å². The Morgan fingerprint density at radius 2 is 1.92 bits per heavy atom. The van der Waals surface area contributed by atoms with Crippen LogP contribution in [0.4, 0.5) is 10.1 Å². The van der Waals surface area contributed by atoms with E-state index in [4.69, 9.17) is 23.2 Å². The number of nitrogens with zero attached hydrogens (tertiary/aromatic N) is 2. The second-order valence-corrected chi connectivity index (χ2v) is 7.10. The van der Waals surface area contributed by atoms with Crippen LogP contribution in [0, 0.1) is 5.82 Å².